The van der Waals surface area contributed by atoms with Gasteiger partial charge in [0.05, 0.1) is 12.2 Å². The van der Waals surface area contributed by atoms with Crippen molar-refractivity contribution in [2.24, 2.45) is 0 Å². The number of benzene rings is 1. The Morgan fingerprint density at radius 3 is 2.71 bits per heavy atom. The first-order chi connectivity index (χ1) is 13.4. The Balaban J connectivity index is 1.74. The third-order valence-corrected chi connectivity index (χ3v) is 4.17. The monoisotopic (exact) mass is 381 g/mol. The van der Waals surface area contributed by atoms with E-state index in [-0.39, 0.29) is 18.4 Å². The number of nitrogens with zero attached hydrogens (tertiary/aromatic N) is 3. The minimum Gasteiger partial charge on any atom is -0.441 e. The summed E-state index contributed by atoms with van der Waals surface area (Å²) < 4.78 is 7.42. The van der Waals surface area contributed by atoms with Gasteiger partial charge in [-0.25, -0.2) is 4.98 Å². The number of hydrogen-bond donors (Lipinski definition) is 2. The fourth-order valence-electron chi connectivity index (χ4n) is 2.87. The molecule has 2 amide bonds. The molecule has 0 saturated carbocycles. The van der Waals surface area contributed by atoms with Crippen LogP contribution < -0.4 is 10.6 Å². The normalized spacial score (nSPS) is 10.7. The molecule has 0 saturated heterocycles. The number of anilines is 1. The predicted molar refractivity (Wildman–Crippen MR) is 105 cm³/mol. The standard InChI is InChI=1S/C20H23N5O3/c1-5-25-18(9-12(2)24-25)19(27)21-11-17-13(3)28-20(23-17)15-7-6-8-16(10-15)22-14(4)26/h6-10H,5,11H2,1-4H3,(H,21,27)(H,22,26). The Hall–Kier alpha value is -3.42. The van der Waals surface area contributed by atoms with Crippen LogP contribution in [0.4, 0.5) is 5.69 Å². The lowest BCUT2D eigenvalue weighted by atomic mass is 10.2. The number of rotatable bonds is 6. The van der Waals surface area contributed by atoms with Gasteiger partial charge in [0, 0.05) is 24.7 Å². The summed E-state index contributed by atoms with van der Waals surface area (Å²) in [5.74, 6) is 0.702. The molecule has 2 heterocycles. The van der Waals surface area contributed by atoms with E-state index in [1.807, 2.05) is 26.0 Å². The Morgan fingerprint density at radius 1 is 1.21 bits per heavy atom. The number of aromatic nitrogens is 3. The Labute approximate surface area is 163 Å². The number of aryl methyl sites for hydroxylation is 3. The maximum absolute atomic E-state index is 12.5. The van der Waals surface area contributed by atoms with Crippen molar-refractivity contribution in [3.8, 4) is 11.5 Å². The van der Waals surface area contributed by atoms with E-state index in [2.05, 4.69) is 20.7 Å². The molecule has 3 aromatic rings. The summed E-state index contributed by atoms with van der Waals surface area (Å²) in [6.07, 6.45) is 0. The van der Waals surface area contributed by atoms with Gasteiger partial charge in [-0.3, -0.25) is 14.3 Å². The molecule has 2 aromatic heterocycles. The van der Waals surface area contributed by atoms with Crippen LogP contribution in [0.1, 0.15) is 41.5 Å². The van der Waals surface area contributed by atoms with E-state index in [9.17, 15) is 9.59 Å². The molecule has 8 nitrogen and oxygen atoms in total. The van der Waals surface area contributed by atoms with Crippen LogP contribution in [0.25, 0.3) is 11.5 Å². The molecular formula is C20H23N5O3. The smallest absolute Gasteiger partial charge is 0.269 e. The Morgan fingerprint density at radius 2 is 2.00 bits per heavy atom. The van der Waals surface area contributed by atoms with E-state index in [0.717, 1.165) is 11.3 Å². The van der Waals surface area contributed by atoms with Crippen molar-refractivity contribution >= 4 is 17.5 Å². The molecule has 0 aliphatic rings. The lowest BCUT2D eigenvalue weighted by Gasteiger charge is -2.05. The molecule has 0 aliphatic carbocycles. The predicted octanol–water partition coefficient (Wildman–Crippen LogP) is 3.06. The molecule has 28 heavy (non-hydrogen) atoms. The lowest BCUT2D eigenvalue weighted by Crippen LogP contribution is -2.26. The summed E-state index contributed by atoms with van der Waals surface area (Å²) in [7, 11) is 0. The third kappa shape index (κ3) is 4.28. The quantitative estimate of drug-likeness (QED) is 0.683. The highest BCUT2D eigenvalue weighted by molar-refractivity contribution is 5.92. The van der Waals surface area contributed by atoms with Crippen LogP contribution in [0.3, 0.4) is 0 Å². The summed E-state index contributed by atoms with van der Waals surface area (Å²) in [6, 6.07) is 9.00. The van der Waals surface area contributed by atoms with Gasteiger partial charge >= 0.3 is 0 Å². The molecule has 0 fully saturated rings. The zero-order valence-corrected chi connectivity index (χ0v) is 16.4. The van der Waals surface area contributed by atoms with Crippen molar-refractivity contribution in [3.63, 3.8) is 0 Å². The minimum absolute atomic E-state index is 0.148. The van der Waals surface area contributed by atoms with E-state index in [0.29, 0.717) is 35.3 Å². The number of oxazole rings is 1. The van der Waals surface area contributed by atoms with E-state index in [1.54, 1.807) is 29.8 Å². The molecule has 8 heteroatoms. The molecule has 0 radical (unpaired) electrons. The number of carbonyl (C=O) groups is 2. The van der Waals surface area contributed by atoms with Crippen molar-refractivity contribution in [1.29, 1.82) is 0 Å². The van der Waals surface area contributed by atoms with Crippen LogP contribution in [-0.2, 0) is 17.9 Å². The van der Waals surface area contributed by atoms with Gasteiger partial charge < -0.3 is 15.1 Å². The van der Waals surface area contributed by atoms with Crippen molar-refractivity contribution in [2.75, 3.05) is 5.32 Å². The molecule has 0 bridgehead atoms. The van der Waals surface area contributed by atoms with E-state index < -0.39 is 0 Å². The lowest BCUT2D eigenvalue weighted by molar-refractivity contribution is -0.114. The second-order valence-corrected chi connectivity index (χ2v) is 6.45. The van der Waals surface area contributed by atoms with Crippen LogP contribution in [0, 0.1) is 13.8 Å². The van der Waals surface area contributed by atoms with Crippen molar-refractivity contribution < 1.29 is 14.0 Å². The third-order valence-electron chi connectivity index (χ3n) is 4.17. The van der Waals surface area contributed by atoms with E-state index in [1.165, 1.54) is 6.92 Å². The van der Waals surface area contributed by atoms with Gasteiger partial charge in [-0.15, -0.1) is 0 Å². The molecule has 3 rings (SSSR count). The van der Waals surface area contributed by atoms with Crippen LogP contribution in [-0.4, -0.2) is 26.6 Å². The molecule has 0 aliphatic heterocycles. The summed E-state index contributed by atoms with van der Waals surface area (Å²) >= 11 is 0. The fraction of sp³-hybridized carbons (Fsp3) is 0.300. The topological polar surface area (TPSA) is 102 Å². The van der Waals surface area contributed by atoms with Crippen LogP contribution in [0.15, 0.2) is 34.7 Å². The molecule has 0 atom stereocenters. The average molecular weight is 381 g/mol. The van der Waals surface area contributed by atoms with Crippen molar-refractivity contribution in [2.45, 2.75) is 40.8 Å². The van der Waals surface area contributed by atoms with Crippen molar-refractivity contribution in [1.82, 2.24) is 20.1 Å². The summed E-state index contributed by atoms with van der Waals surface area (Å²) in [5.41, 5.74) is 3.37. The molecule has 0 unspecified atom stereocenters. The molecule has 2 N–H and O–H groups in total. The number of carbonyl (C=O) groups excluding carboxylic acids is 2. The average Bonchev–Trinajstić information content (AvgIpc) is 3.22. The molecule has 146 valence electrons. The summed E-state index contributed by atoms with van der Waals surface area (Å²) in [5, 5.41) is 9.89. The summed E-state index contributed by atoms with van der Waals surface area (Å²) in [4.78, 5) is 28.2. The highest BCUT2D eigenvalue weighted by Crippen LogP contribution is 2.24. The van der Waals surface area contributed by atoms with Crippen molar-refractivity contribution in [3.05, 3.63) is 53.2 Å². The van der Waals surface area contributed by atoms with Crippen LogP contribution in [0.2, 0.25) is 0 Å². The van der Waals surface area contributed by atoms with Crippen LogP contribution in [0.5, 0.6) is 0 Å². The molecule has 0 spiro atoms. The van der Waals surface area contributed by atoms with E-state index >= 15 is 0 Å². The van der Waals surface area contributed by atoms with Gasteiger partial charge in [0.2, 0.25) is 11.8 Å². The SMILES string of the molecule is CCn1nc(C)cc1C(=O)NCc1nc(-c2cccc(NC(C)=O)c2)oc1C. The van der Waals surface area contributed by atoms with Gasteiger partial charge in [-0.1, -0.05) is 6.07 Å². The number of amides is 2. The largest absolute Gasteiger partial charge is 0.441 e. The van der Waals surface area contributed by atoms with Gasteiger partial charge in [0.1, 0.15) is 17.1 Å². The maximum atomic E-state index is 12.5. The highest BCUT2D eigenvalue weighted by Gasteiger charge is 2.16. The minimum atomic E-state index is -0.209. The van der Waals surface area contributed by atoms with E-state index in [4.69, 9.17) is 4.42 Å². The van der Waals surface area contributed by atoms with Gasteiger partial charge in [0.15, 0.2) is 0 Å². The summed E-state index contributed by atoms with van der Waals surface area (Å²) in [6.45, 7) is 7.91. The molecular weight excluding hydrogens is 358 g/mol. The van der Waals surface area contributed by atoms with Gasteiger partial charge in [-0.05, 0) is 45.0 Å². The van der Waals surface area contributed by atoms with Crippen LogP contribution >= 0.6 is 0 Å². The Bertz CT molecular complexity index is 1020. The number of hydrogen-bond acceptors (Lipinski definition) is 5. The zero-order chi connectivity index (χ0) is 20.3. The first kappa shape index (κ1) is 19.3. The second-order valence-electron chi connectivity index (χ2n) is 6.45. The second kappa shape index (κ2) is 8.08. The highest BCUT2D eigenvalue weighted by atomic mass is 16.4. The van der Waals surface area contributed by atoms with Gasteiger partial charge in [-0.2, -0.15) is 5.10 Å². The maximum Gasteiger partial charge on any atom is 0.269 e. The number of nitrogens with one attached hydrogen (secondary N) is 2. The zero-order valence-electron chi connectivity index (χ0n) is 16.4. The fourth-order valence-corrected chi connectivity index (χ4v) is 2.87. The molecule has 1 aromatic carbocycles. The Kier molecular flexibility index (Phi) is 5.58. The first-order valence-electron chi connectivity index (χ1n) is 9.04. The first-order valence-corrected chi connectivity index (χ1v) is 9.04. The van der Waals surface area contributed by atoms with Gasteiger partial charge in [0.25, 0.3) is 5.91 Å².